The van der Waals surface area contributed by atoms with E-state index in [0.717, 1.165) is 27.8 Å². The number of furan rings is 1. The largest absolute Gasteiger partial charge is 0.496 e. The number of ether oxygens (including phenoxy) is 2. The van der Waals surface area contributed by atoms with Gasteiger partial charge in [0.05, 0.1) is 30.6 Å². The van der Waals surface area contributed by atoms with Crippen LogP contribution in [0.5, 0.6) is 17.4 Å². The molecule has 0 saturated carbocycles. The van der Waals surface area contributed by atoms with Crippen molar-refractivity contribution in [2.24, 2.45) is 0 Å². The van der Waals surface area contributed by atoms with Crippen LogP contribution in [-0.4, -0.2) is 17.1 Å². The number of fused-ring (bicyclic) bond motifs is 1. The van der Waals surface area contributed by atoms with Gasteiger partial charge in [-0.2, -0.15) is 0 Å². The smallest absolute Gasteiger partial charge is 0.230 e. The van der Waals surface area contributed by atoms with Gasteiger partial charge in [0.1, 0.15) is 17.1 Å². The molecule has 130 valence electrons. The van der Waals surface area contributed by atoms with Crippen LogP contribution in [0.4, 0.5) is 5.69 Å². The molecule has 0 aliphatic rings. The number of benzene rings is 1. The molecular weight excluding hydrogens is 330 g/mol. The van der Waals surface area contributed by atoms with Gasteiger partial charge in [-0.25, -0.2) is 4.98 Å². The monoisotopic (exact) mass is 347 g/mol. The van der Waals surface area contributed by atoms with Crippen molar-refractivity contribution in [2.45, 2.75) is 6.92 Å². The molecule has 0 unspecified atom stereocenters. The van der Waals surface area contributed by atoms with Gasteiger partial charge in [-0.05, 0) is 37.3 Å². The summed E-state index contributed by atoms with van der Waals surface area (Å²) >= 11 is 0. The predicted octanol–water partition coefficient (Wildman–Crippen LogP) is 4.58. The Hall–Kier alpha value is -3.54. The molecule has 26 heavy (non-hydrogen) atoms. The van der Waals surface area contributed by atoms with Crippen molar-refractivity contribution < 1.29 is 13.9 Å². The van der Waals surface area contributed by atoms with E-state index in [1.54, 1.807) is 31.8 Å². The molecule has 0 fully saturated rings. The third-order valence-corrected chi connectivity index (χ3v) is 4.13. The number of nitrogens with zero attached hydrogens (tertiary/aromatic N) is 2. The van der Waals surface area contributed by atoms with Gasteiger partial charge in [0.25, 0.3) is 0 Å². The topological polar surface area (TPSA) is 83.4 Å². The molecular formula is C20H17N3O3. The lowest BCUT2D eigenvalue weighted by atomic mass is 10.0. The fourth-order valence-corrected chi connectivity index (χ4v) is 2.84. The number of aryl methyl sites for hydroxylation is 1. The Bertz CT molecular complexity index is 1090. The van der Waals surface area contributed by atoms with E-state index in [1.165, 1.54) is 0 Å². The maximum absolute atomic E-state index is 5.95. The molecule has 4 rings (SSSR count). The van der Waals surface area contributed by atoms with E-state index in [2.05, 4.69) is 9.97 Å². The zero-order valence-electron chi connectivity index (χ0n) is 14.4. The first-order valence-corrected chi connectivity index (χ1v) is 8.06. The number of nitrogen functional groups attached to an aromatic ring is 1. The highest BCUT2D eigenvalue weighted by Gasteiger charge is 2.13. The Kier molecular flexibility index (Phi) is 3.93. The van der Waals surface area contributed by atoms with E-state index < -0.39 is 0 Å². The standard InChI is InChI=1S/C20H17N3O3/c1-12-17(9-13(21)11-23-12)15-4-3-14(10-19(15)24-2)26-20-16-6-8-25-18(16)5-7-22-20/h3-11H,21H2,1-2H3. The van der Waals surface area contributed by atoms with Gasteiger partial charge in [0, 0.05) is 29.1 Å². The number of aromatic nitrogens is 2. The van der Waals surface area contributed by atoms with E-state index in [9.17, 15) is 0 Å². The SMILES string of the molecule is COc1cc(Oc2nccc3occc23)ccc1-c1cc(N)cnc1C. The maximum atomic E-state index is 5.95. The van der Waals surface area contributed by atoms with Crippen molar-refractivity contribution in [3.63, 3.8) is 0 Å². The summed E-state index contributed by atoms with van der Waals surface area (Å²) in [6, 6.07) is 11.1. The number of hydrogen-bond acceptors (Lipinski definition) is 6. The molecule has 0 radical (unpaired) electrons. The van der Waals surface area contributed by atoms with Gasteiger partial charge < -0.3 is 19.6 Å². The summed E-state index contributed by atoms with van der Waals surface area (Å²) < 4.78 is 16.9. The molecule has 0 aliphatic carbocycles. The number of anilines is 1. The third kappa shape index (κ3) is 2.82. The maximum Gasteiger partial charge on any atom is 0.230 e. The Labute approximate surface area is 150 Å². The second-order valence-electron chi connectivity index (χ2n) is 5.81. The lowest BCUT2D eigenvalue weighted by Crippen LogP contribution is -1.96. The minimum atomic E-state index is 0.479. The van der Waals surface area contributed by atoms with Gasteiger partial charge in [-0.15, -0.1) is 0 Å². The highest BCUT2D eigenvalue weighted by molar-refractivity contribution is 5.82. The molecule has 1 aromatic carbocycles. The molecule has 3 heterocycles. The highest BCUT2D eigenvalue weighted by atomic mass is 16.5. The zero-order valence-corrected chi connectivity index (χ0v) is 14.4. The summed E-state index contributed by atoms with van der Waals surface area (Å²) in [7, 11) is 1.62. The molecule has 0 amide bonds. The lowest BCUT2D eigenvalue weighted by Gasteiger charge is -2.13. The summed E-state index contributed by atoms with van der Waals surface area (Å²) in [4.78, 5) is 8.60. The van der Waals surface area contributed by atoms with Crippen molar-refractivity contribution >= 4 is 16.7 Å². The zero-order chi connectivity index (χ0) is 18.1. The summed E-state index contributed by atoms with van der Waals surface area (Å²) in [5, 5.41) is 0.812. The van der Waals surface area contributed by atoms with Gasteiger partial charge >= 0.3 is 0 Å². The van der Waals surface area contributed by atoms with Crippen LogP contribution < -0.4 is 15.2 Å². The van der Waals surface area contributed by atoms with Crippen molar-refractivity contribution in [3.8, 4) is 28.5 Å². The van der Waals surface area contributed by atoms with Crippen LogP contribution in [0.25, 0.3) is 22.1 Å². The average Bonchev–Trinajstić information content (AvgIpc) is 3.13. The van der Waals surface area contributed by atoms with Crippen molar-refractivity contribution in [3.05, 3.63) is 60.7 Å². The van der Waals surface area contributed by atoms with Crippen molar-refractivity contribution in [1.82, 2.24) is 9.97 Å². The van der Waals surface area contributed by atoms with Gasteiger partial charge in [-0.1, -0.05) is 0 Å². The van der Waals surface area contributed by atoms with Crippen molar-refractivity contribution in [2.75, 3.05) is 12.8 Å². The van der Waals surface area contributed by atoms with E-state index in [1.807, 2.05) is 37.3 Å². The number of nitrogens with two attached hydrogens (primary N) is 1. The van der Waals surface area contributed by atoms with Crippen molar-refractivity contribution in [1.29, 1.82) is 0 Å². The molecule has 0 bridgehead atoms. The highest BCUT2D eigenvalue weighted by Crippen LogP contribution is 2.37. The van der Waals surface area contributed by atoms with E-state index in [0.29, 0.717) is 23.1 Å². The second-order valence-corrected chi connectivity index (χ2v) is 5.81. The average molecular weight is 347 g/mol. The van der Waals surface area contributed by atoms with E-state index in [4.69, 9.17) is 19.6 Å². The summed E-state index contributed by atoms with van der Waals surface area (Å²) in [5.74, 6) is 1.76. The fourth-order valence-electron chi connectivity index (χ4n) is 2.84. The van der Waals surface area contributed by atoms with Crippen LogP contribution >= 0.6 is 0 Å². The van der Waals surface area contributed by atoms with Crippen LogP contribution in [0.15, 0.2) is 59.5 Å². The van der Waals surface area contributed by atoms with Gasteiger partial charge in [0.15, 0.2) is 0 Å². The fraction of sp³-hybridized carbons (Fsp3) is 0.100. The predicted molar refractivity (Wildman–Crippen MR) is 99.5 cm³/mol. The quantitative estimate of drug-likeness (QED) is 0.582. The van der Waals surface area contributed by atoms with E-state index in [-0.39, 0.29) is 0 Å². The van der Waals surface area contributed by atoms with E-state index >= 15 is 0 Å². The summed E-state index contributed by atoms with van der Waals surface area (Å²) in [6.45, 7) is 1.93. The molecule has 2 N–H and O–H groups in total. The Morgan fingerprint density at radius 2 is 1.92 bits per heavy atom. The van der Waals surface area contributed by atoms with Crippen LogP contribution in [0.2, 0.25) is 0 Å². The Morgan fingerprint density at radius 1 is 1.04 bits per heavy atom. The first-order chi connectivity index (χ1) is 12.7. The second kappa shape index (κ2) is 6.40. The number of hydrogen-bond donors (Lipinski definition) is 1. The normalized spacial score (nSPS) is 10.8. The number of rotatable bonds is 4. The minimum absolute atomic E-state index is 0.479. The summed E-state index contributed by atoms with van der Waals surface area (Å²) in [6.07, 6.45) is 4.90. The van der Waals surface area contributed by atoms with Crippen LogP contribution in [-0.2, 0) is 0 Å². The van der Waals surface area contributed by atoms with Crippen LogP contribution in [0.3, 0.4) is 0 Å². The first kappa shape index (κ1) is 16.0. The van der Waals surface area contributed by atoms with Gasteiger partial charge in [-0.3, -0.25) is 4.98 Å². The van der Waals surface area contributed by atoms with Gasteiger partial charge in [0.2, 0.25) is 5.88 Å². The third-order valence-electron chi connectivity index (χ3n) is 4.13. The molecule has 0 aliphatic heterocycles. The molecule has 0 saturated heterocycles. The molecule has 0 spiro atoms. The first-order valence-electron chi connectivity index (χ1n) is 8.06. The molecule has 3 aromatic heterocycles. The number of pyridine rings is 2. The summed E-state index contributed by atoms with van der Waals surface area (Å²) in [5.41, 5.74) is 9.90. The molecule has 6 heteroatoms. The Balaban J connectivity index is 1.74. The molecule has 4 aromatic rings. The molecule has 6 nitrogen and oxygen atoms in total. The minimum Gasteiger partial charge on any atom is -0.496 e. The Morgan fingerprint density at radius 3 is 2.77 bits per heavy atom. The molecule has 0 atom stereocenters. The lowest BCUT2D eigenvalue weighted by molar-refractivity contribution is 0.409. The van der Waals surface area contributed by atoms with Crippen LogP contribution in [0.1, 0.15) is 5.69 Å². The number of methoxy groups -OCH3 is 1. The van der Waals surface area contributed by atoms with Crippen LogP contribution in [0, 0.1) is 6.92 Å².